The molecule has 0 amide bonds. The predicted octanol–water partition coefficient (Wildman–Crippen LogP) is 3.16. The number of hydrogen-bond acceptors (Lipinski definition) is 5. The number of pyridine rings is 1. The monoisotopic (exact) mass is 290 g/mol. The zero-order chi connectivity index (χ0) is 14.5. The maximum absolute atomic E-state index is 12.2. The van der Waals surface area contributed by atoms with Crippen LogP contribution in [0.25, 0.3) is 0 Å². The predicted molar refractivity (Wildman–Crippen MR) is 76.7 cm³/mol. The van der Waals surface area contributed by atoms with Gasteiger partial charge in [0, 0.05) is 24.5 Å². The number of nitro groups is 1. The first-order valence-electron chi connectivity index (χ1n) is 6.19. The van der Waals surface area contributed by atoms with E-state index in [2.05, 4.69) is 4.98 Å². The highest BCUT2D eigenvalue weighted by atomic mass is 32.1. The molecule has 2 heterocycles. The normalized spacial score (nSPS) is 13.7. The van der Waals surface area contributed by atoms with E-state index in [1.807, 2.05) is 16.8 Å². The molecular formula is C14H14N2O3S. The van der Waals surface area contributed by atoms with Crippen molar-refractivity contribution < 1.29 is 9.72 Å². The summed E-state index contributed by atoms with van der Waals surface area (Å²) in [7, 11) is 0. The lowest BCUT2D eigenvalue weighted by atomic mass is 9.89. The van der Waals surface area contributed by atoms with E-state index in [1.54, 1.807) is 24.4 Å². The summed E-state index contributed by atoms with van der Waals surface area (Å²) in [4.78, 5) is 26.9. The summed E-state index contributed by atoms with van der Waals surface area (Å²) in [5, 5.41) is 14.8. The molecule has 0 unspecified atom stereocenters. The van der Waals surface area contributed by atoms with Crippen LogP contribution in [0.5, 0.6) is 0 Å². The molecule has 0 aliphatic carbocycles. The highest BCUT2D eigenvalue weighted by Gasteiger charge is 2.31. The fourth-order valence-corrected chi connectivity index (χ4v) is 2.76. The second kappa shape index (κ2) is 6.38. The van der Waals surface area contributed by atoms with Crippen molar-refractivity contribution in [1.29, 1.82) is 0 Å². The molecule has 20 heavy (non-hydrogen) atoms. The number of ketones is 1. The molecule has 0 saturated heterocycles. The van der Waals surface area contributed by atoms with E-state index in [0.29, 0.717) is 5.69 Å². The van der Waals surface area contributed by atoms with Crippen LogP contribution in [-0.4, -0.2) is 21.7 Å². The van der Waals surface area contributed by atoms with E-state index < -0.39 is 12.0 Å². The Morgan fingerprint density at radius 3 is 2.80 bits per heavy atom. The van der Waals surface area contributed by atoms with Gasteiger partial charge in [-0.3, -0.25) is 19.9 Å². The number of carbonyl (C=O) groups is 1. The standard InChI is InChI=1S/C14H14N2O3S/c1-10(16(18)19)12(11-5-7-20-9-11)8-14(17)13-4-2-3-6-15-13/h2-7,9-10,12H,8H2,1H3/t10-,12-/m1/s1. The summed E-state index contributed by atoms with van der Waals surface area (Å²) >= 11 is 1.47. The lowest BCUT2D eigenvalue weighted by Gasteiger charge is -2.16. The van der Waals surface area contributed by atoms with Gasteiger partial charge in [-0.25, -0.2) is 0 Å². The van der Waals surface area contributed by atoms with E-state index in [4.69, 9.17) is 0 Å². The first kappa shape index (κ1) is 14.3. The number of Topliss-reactive ketones (excluding diaryl/α,β-unsaturated/α-hetero) is 1. The molecule has 0 fully saturated rings. The zero-order valence-electron chi connectivity index (χ0n) is 10.9. The summed E-state index contributed by atoms with van der Waals surface area (Å²) in [6.45, 7) is 1.54. The van der Waals surface area contributed by atoms with Crippen molar-refractivity contribution in [3.63, 3.8) is 0 Å². The van der Waals surface area contributed by atoms with Gasteiger partial charge in [0.2, 0.25) is 6.04 Å². The number of thiophene rings is 1. The Bertz CT molecular complexity index is 584. The van der Waals surface area contributed by atoms with Crippen molar-refractivity contribution in [2.45, 2.75) is 25.3 Å². The highest BCUT2D eigenvalue weighted by Crippen LogP contribution is 2.28. The van der Waals surface area contributed by atoms with Crippen molar-refractivity contribution in [2.75, 3.05) is 0 Å². The number of rotatable bonds is 6. The summed E-state index contributed by atoms with van der Waals surface area (Å²) in [6, 6.07) is 6.12. The van der Waals surface area contributed by atoms with Gasteiger partial charge in [0.05, 0.1) is 5.92 Å². The van der Waals surface area contributed by atoms with Crippen molar-refractivity contribution in [2.24, 2.45) is 0 Å². The van der Waals surface area contributed by atoms with Gasteiger partial charge in [0.1, 0.15) is 5.69 Å². The fourth-order valence-electron chi connectivity index (χ4n) is 2.03. The number of hydrogen-bond donors (Lipinski definition) is 0. The van der Waals surface area contributed by atoms with Crippen LogP contribution in [0.15, 0.2) is 41.2 Å². The molecule has 2 atom stereocenters. The van der Waals surface area contributed by atoms with Gasteiger partial charge in [0.15, 0.2) is 5.78 Å². The first-order chi connectivity index (χ1) is 9.59. The van der Waals surface area contributed by atoms with Crippen LogP contribution in [0.3, 0.4) is 0 Å². The molecule has 6 heteroatoms. The fraction of sp³-hybridized carbons (Fsp3) is 0.286. The van der Waals surface area contributed by atoms with Crippen molar-refractivity contribution in [1.82, 2.24) is 4.98 Å². The lowest BCUT2D eigenvalue weighted by molar-refractivity contribution is -0.522. The van der Waals surface area contributed by atoms with E-state index in [-0.39, 0.29) is 17.1 Å². The van der Waals surface area contributed by atoms with Gasteiger partial charge < -0.3 is 0 Å². The Kier molecular flexibility index (Phi) is 4.57. The van der Waals surface area contributed by atoms with Crippen LogP contribution >= 0.6 is 11.3 Å². The van der Waals surface area contributed by atoms with E-state index in [9.17, 15) is 14.9 Å². The van der Waals surface area contributed by atoms with Crippen LogP contribution in [0, 0.1) is 10.1 Å². The van der Waals surface area contributed by atoms with E-state index in [0.717, 1.165) is 5.56 Å². The topological polar surface area (TPSA) is 73.1 Å². The second-order valence-corrected chi connectivity index (χ2v) is 5.31. The Hall–Kier alpha value is -2.08. The zero-order valence-corrected chi connectivity index (χ0v) is 11.7. The van der Waals surface area contributed by atoms with Gasteiger partial charge in [-0.15, -0.1) is 0 Å². The molecular weight excluding hydrogens is 276 g/mol. The molecule has 104 valence electrons. The molecule has 2 rings (SSSR count). The molecule has 0 bridgehead atoms. The van der Waals surface area contributed by atoms with Gasteiger partial charge >= 0.3 is 0 Å². The molecule has 0 spiro atoms. The molecule has 2 aromatic heterocycles. The largest absolute Gasteiger partial charge is 0.292 e. The average Bonchev–Trinajstić information content (AvgIpc) is 2.98. The molecule has 0 aliphatic rings. The highest BCUT2D eigenvalue weighted by molar-refractivity contribution is 7.08. The molecule has 0 radical (unpaired) electrons. The molecule has 2 aromatic rings. The Labute approximate surface area is 120 Å². The maximum atomic E-state index is 12.2. The Morgan fingerprint density at radius 1 is 1.45 bits per heavy atom. The number of nitrogens with zero attached hydrogens (tertiary/aromatic N) is 2. The third kappa shape index (κ3) is 3.27. The third-order valence-electron chi connectivity index (χ3n) is 3.24. The van der Waals surface area contributed by atoms with Crippen LogP contribution in [0.4, 0.5) is 0 Å². The molecule has 5 nitrogen and oxygen atoms in total. The molecule has 0 aliphatic heterocycles. The van der Waals surface area contributed by atoms with Crippen molar-refractivity contribution in [3.05, 3.63) is 62.6 Å². The first-order valence-corrected chi connectivity index (χ1v) is 7.13. The Balaban J connectivity index is 2.21. The molecule has 0 saturated carbocycles. The van der Waals surface area contributed by atoms with Crippen LogP contribution < -0.4 is 0 Å². The van der Waals surface area contributed by atoms with Gasteiger partial charge in [-0.2, -0.15) is 11.3 Å². The quantitative estimate of drug-likeness (QED) is 0.465. The maximum Gasteiger partial charge on any atom is 0.217 e. The SMILES string of the molecule is C[C@H]([C@@H](CC(=O)c1ccccn1)c1ccsc1)[N+](=O)[O-]. The molecule has 0 aromatic carbocycles. The average molecular weight is 290 g/mol. The van der Waals surface area contributed by atoms with E-state index in [1.165, 1.54) is 18.3 Å². The summed E-state index contributed by atoms with van der Waals surface area (Å²) in [6.07, 6.45) is 1.64. The van der Waals surface area contributed by atoms with Gasteiger partial charge in [-0.05, 0) is 34.5 Å². The van der Waals surface area contributed by atoms with Crippen LogP contribution in [0.2, 0.25) is 0 Å². The second-order valence-electron chi connectivity index (χ2n) is 4.53. The minimum Gasteiger partial charge on any atom is -0.292 e. The van der Waals surface area contributed by atoms with Crippen molar-refractivity contribution >= 4 is 17.1 Å². The number of aromatic nitrogens is 1. The summed E-state index contributed by atoms with van der Waals surface area (Å²) in [5.41, 5.74) is 1.19. The third-order valence-corrected chi connectivity index (χ3v) is 3.94. The van der Waals surface area contributed by atoms with Crippen molar-refractivity contribution in [3.8, 4) is 0 Å². The van der Waals surface area contributed by atoms with Crippen LogP contribution in [0.1, 0.15) is 35.3 Å². The Morgan fingerprint density at radius 2 is 2.25 bits per heavy atom. The smallest absolute Gasteiger partial charge is 0.217 e. The summed E-state index contributed by atoms with van der Waals surface area (Å²) < 4.78 is 0. The molecule has 0 N–H and O–H groups in total. The van der Waals surface area contributed by atoms with Crippen LogP contribution in [-0.2, 0) is 0 Å². The van der Waals surface area contributed by atoms with Gasteiger partial charge in [0.25, 0.3) is 0 Å². The van der Waals surface area contributed by atoms with Gasteiger partial charge in [-0.1, -0.05) is 6.07 Å². The van der Waals surface area contributed by atoms with E-state index >= 15 is 0 Å². The lowest BCUT2D eigenvalue weighted by Crippen LogP contribution is -2.26. The minimum absolute atomic E-state index is 0.0931. The minimum atomic E-state index is -0.808. The number of carbonyl (C=O) groups excluding carboxylic acids is 1. The summed E-state index contributed by atoms with van der Waals surface area (Å²) in [5.74, 6) is -0.596.